The summed E-state index contributed by atoms with van der Waals surface area (Å²) in [6, 6.07) is 6.44. The minimum absolute atomic E-state index is 0.0826. The Morgan fingerprint density at radius 1 is 1.25 bits per heavy atom. The van der Waals surface area contributed by atoms with Gasteiger partial charge in [-0.05, 0) is 42.5 Å². The van der Waals surface area contributed by atoms with Gasteiger partial charge in [0, 0.05) is 32.0 Å². The zero-order chi connectivity index (χ0) is 20.4. The van der Waals surface area contributed by atoms with Crippen molar-refractivity contribution < 1.29 is 24.9 Å². The number of nitrogens with zero attached hydrogens (tertiary/aromatic N) is 2. The molecule has 2 aliphatic rings. The summed E-state index contributed by atoms with van der Waals surface area (Å²) in [5.41, 5.74) is 1.03. The number of carboxylic acids is 1. The Kier molecular flexibility index (Phi) is 6.25. The Bertz CT molecular complexity index is 725. The normalized spacial score (nSPS) is 31.1. The summed E-state index contributed by atoms with van der Waals surface area (Å²) in [6.07, 6.45) is 0.559. The number of aromatic hydroxyl groups is 1. The predicted octanol–water partition coefficient (Wildman–Crippen LogP) is 1.85. The lowest BCUT2D eigenvalue weighted by molar-refractivity contribution is -0.148. The van der Waals surface area contributed by atoms with E-state index in [1.165, 1.54) is 4.90 Å². The molecular formula is C21H30N2O5. The number of amides is 1. The number of likely N-dealkylation sites (tertiary alicyclic amines) is 2. The highest BCUT2D eigenvalue weighted by atomic mass is 16.4. The number of benzene rings is 1. The molecule has 2 heterocycles. The third kappa shape index (κ3) is 4.31. The lowest BCUT2D eigenvalue weighted by Gasteiger charge is -2.44. The molecular weight excluding hydrogens is 360 g/mol. The number of phenolic OH excluding ortho intramolecular Hbond substituents is 1. The molecule has 0 saturated carbocycles. The monoisotopic (exact) mass is 390 g/mol. The van der Waals surface area contributed by atoms with Gasteiger partial charge in [-0.15, -0.1) is 0 Å². The van der Waals surface area contributed by atoms with Crippen LogP contribution < -0.4 is 0 Å². The lowest BCUT2D eigenvalue weighted by atomic mass is 9.79. The number of aliphatic carboxylic acids is 1. The van der Waals surface area contributed by atoms with E-state index in [-0.39, 0.29) is 37.1 Å². The molecule has 3 rings (SSSR count). The van der Waals surface area contributed by atoms with Crippen LogP contribution in [-0.2, 0) is 9.59 Å². The van der Waals surface area contributed by atoms with Crippen molar-refractivity contribution in [3.8, 4) is 5.75 Å². The Balaban J connectivity index is 1.71. The minimum atomic E-state index is -1.07. The van der Waals surface area contributed by atoms with Crippen LogP contribution in [0, 0.1) is 11.8 Å². The predicted molar refractivity (Wildman–Crippen MR) is 104 cm³/mol. The van der Waals surface area contributed by atoms with E-state index in [1.807, 2.05) is 12.1 Å². The summed E-state index contributed by atoms with van der Waals surface area (Å²) < 4.78 is 0. The van der Waals surface area contributed by atoms with Gasteiger partial charge in [-0.3, -0.25) is 9.69 Å². The van der Waals surface area contributed by atoms with Crippen LogP contribution in [0.1, 0.15) is 44.7 Å². The molecule has 5 atom stereocenters. The van der Waals surface area contributed by atoms with Gasteiger partial charge in [0.1, 0.15) is 11.8 Å². The summed E-state index contributed by atoms with van der Waals surface area (Å²) in [6.45, 7) is 5.88. The largest absolute Gasteiger partial charge is 0.508 e. The molecule has 1 aromatic carbocycles. The number of rotatable bonds is 5. The minimum Gasteiger partial charge on any atom is -0.508 e. The summed E-state index contributed by atoms with van der Waals surface area (Å²) in [4.78, 5) is 27.6. The van der Waals surface area contributed by atoms with E-state index in [9.17, 15) is 24.9 Å². The first-order valence-electron chi connectivity index (χ1n) is 10.0. The lowest BCUT2D eigenvalue weighted by Crippen LogP contribution is -2.45. The van der Waals surface area contributed by atoms with Gasteiger partial charge in [-0.25, -0.2) is 4.79 Å². The molecule has 28 heavy (non-hydrogen) atoms. The fourth-order valence-electron chi connectivity index (χ4n) is 4.60. The molecule has 1 amide bonds. The highest BCUT2D eigenvalue weighted by Crippen LogP contribution is 2.40. The van der Waals surface area contributed by atoms with E-state index in [4.69, 9.17) is 0 Å². The highest BCUT2D eigenvalue weighted by Gasteiger charge is 2.39. The van der Waals surface area contributed by atoms with Gasteiger partial charge in [0.15, 0.2) is 0 Å². The van der Waals surface area contributed by atoms with Gasteiger partial charge in [-0.2, -0.15) is 0 Å². The number of aliphatic hydroxyl groups excluding tert-OH is 1. The SMILES string of the molecule is CC1[C@H](C)CCN(CCC(=O)N2C[C@H](O)C[C@@H]2C(=O)O)[C@H]1c1cccc(O)c1. The van der Waals surface area contributed by atoms with Crippen molar-refractivity contribution >= 4 is 11.9 Å². The molecule has 3 N–H and O–H groups in total. The molecule has 7 nitrogen and oxygen atoms in total. The van der Waals surface area contributed by atoms with Gasteiger partial charge in [0.25, 0.3) is 0 Å². The number of hydrogen-bond donors (Lipinski definition) is 3. The molecule has 7 heteroatoms. The average Bonchev–Trinajstić information content (AvgIpc) is 3.04. The zero-order valence-electron chi connectivity index (χ0n) is 16.5. The third-order valence-corrected chi connectivity index (χ3v) is 6.37. The van der Waals surface area contributed by atoms with E-state index >= 15 is 0 Å². The smallest absolute Gasteiger partial charge is 0.326 e. The number of carboxylic acid groups (broad SMARTS) is 1. The molecule has 0 aromatic heterocycles. The van der Waals surface area contributed by atoms with Gasteiger partial charge < -0.3 is 20.2 Å². The Hall–Kier alpha value is -2.12. The number of piperidine rings is 1. The summed E-state index contributed by atoms with van der Waals surface area (Å²) in [5.74, 6) is -0.169. The van der Waals surface area contributed by atoms with Crippen LogP contribution in [0.4, 0.5) is 0 Å². The standard InChI is InChI=1S/C21H30N2O5/c1-13-6-8-22(20(14(13)2)15-4-3-5-16(24)10-15)9-7-19(26)23-12-17(25)11-18(23)21(27)28/h3-5,10,13-14,17-18,20,24-25H,6-9,11-12H2,1-2H3,(H,27,28)/t13-,14?,17-,18-,20-/m1/s1. The van der Waals surface area contributed by atoms with Crippen molar-refractivity contribution in [3.05, 3.63) is 29.8 Å². The van der Waals surface area contributed by atoms with Crippen molar-refractivity contribution in [3.63, 3.8) is 0 Å². The van der Waals surface area contributed by atoms with Crippen molar-refractivity contribution in [1.82, 2.24) is 9.80 Å². The first kappa shape index (κ1) is 20.6. The van der Waals surface area contributed by atoms with Crippen LogP contribution >= 0.6 is 0 Å². The Morgan fingerprint density at radius 3 is 2.68 bits per heavy atom. The summed E-state index contributed by atoms with van der Waals surface area (Å²) in [7, 11) is 0. The van der Waals surface area contributed by atoms with Crippen molar-refractivity contribution in [1.29, 1.82) is 0 Å². The Morgan fingerprint density at radius 2 is 2.00 bits per heavy atom. The summed E-state index contributed by atoms with van der Waals surface area (Å²) >= 11 is 0. The van der Waals surface area contributed by atoms with E-state index in [0.29, 0.717) is 18.4 Å². The first-order valence-corrected chi connectivity index (χ1v) is 10.0. The third-order valence-electron chi connectivity index (χ3n) is 6.37. The van der Waals surface area contributed by atoms with E-state index in [0.717, 1.165) is 18.5 Å². The second kappa shape index (κ2) is 8.49. The molecule has 2 saturated heterocycles. The van der Waals surface area contributed by atoms with Crippen LogP contribution in [0.15, 0.2) is 24.3 Å². The fourth-order valence-corrected chi connectivity index (χ4v) is 4.60. The van der Waals surface area contributed by atoms with Gasteiger partial charge in [-0.1, -0.05) is 26.0 Å². The topological polar surface area (TPSA) is 101 Å². The number of carbonyl (C=O) groups excluding carboxylic acids is 1. The second-order valence-electron chi connectivity index (χ2n) is 8.24. The number of hydrogen-bond acceptors (Lipinski definition) is 5. The molecule has 0 spiro atoms. The van der Waals surface area contributed by atoms with E-state index in [1.54, 1.807) is 12.1 Å². The molecule has 0 radical (unpaired) electrons. The van der Waals surface area contributed by atoms with Gasteiger partial charge >= 0.3 is 5.97 Å². The van der Waals surface area contributed by atoms with Gasteiger partial charge in [0.05, 0.1) is 6.10 Å². The van der Waals surface area contributed by atoms with Gasteiger partial charge in [0.2, 0.25) is 5.91 Å². The maximum absolute atomic E-state index is 12.7. The number of phenols is 1. The van der Waals surface area contributed by atoms with E-state index in [2.05, 4.69) is 18.7 Å². The molecule has 1 aromatic rings. The zero-order valence-corrected chi connectivity index (χ0v) is 16.5. The van der Waals surface area contributed by atoms with Crippen molar-refractivity contribution in [2.24, 2.45) is 11.8 Å². The molecule has 2 fully saturated rings. The first-order chi connectivity index (χ1) is 13.3. The van der Waals surface area contributed by atoms with Crippen molar-refractivity contribution in [2.75, 3.05) is 19.6 Å². The summed E-state index contributed by atoms with van der Waals surface area (Å²) in [5, 5.41) is 29.0. The second-order valence-corrected chi connectivity index (χ2v) is 8.24. The number of aliphatic hydroxyl groups is 1. The fraction of sp³-hybridized carbons (Fsp3) is 0.619. The maximum Gasteiger partial charge on any atom is 0.326 e. The molecule has 1 unspecified atom stereocenters. The molecule has 0 aliphatic carbocycles. The van der Waals surface area contributed by atoms with Crippen LogP contribution in [0.25, 0.3) is 0 Å². The molecule has 2 aliphatic heterocycles. The number of β-amino-alcohol motifs (C(OH)–C–C–N with tert-alkyl or cyclic N) is 1. The van der Waals surface area contributed by atoms with Crippen molar-refractivity contribution in [2.45, 2.75) is 51.3 Å². The number of carbonyl (C=O) groups is 2. The highest BCUT2D eigenvalue weighted by molar-refractivity contribution is 5.84. The Labute approximate surface area is 165 Å². The van der Waals surface area contributed by atoms with Crippen LogP contribution in [0.3, 0.4) is 0 Å². The van der Waals surface area contributed by atoms with E-state index < -0.39 is 18.1 Å². The van der Waals surface area contributed by atoms with Crippen LogP contribution in [-0.4, -0.2) is 68.8 Å². The van der Waals surface area contributed by atoms with Crippen LogP contribution in [0.2, 0.25) is 0 Å². The molecule has 0 bridgehead atoms. The quantitative estimate of drug-likeness (QED) is 0.709. The maximum atomic E-state index is 12.7. The van der Waals surface area contributed by atoms with Crippen LogP contribution in [0.5, 0.6) is 5.75 Å². The average molecular weight is 390 g/mol. The molecule has 154 valence electrons.